The lowest BCUT2D eigenvalue weighted by atomic mass is 10.0. The Morgan fingerprint density at radius 1 is 1.53 bits per heavy atom. The molecule has 19 heavy (non-hydrogen) atoms. The highest BCUT2D eigenvalue weighted by Gasteiger charge is 2.39. The van der Waals surface area contributed by atoms with Crippen LogP contribution in [0, 0.1) is 5.41 Å². The van der Waals surface area contributed by atoms with Crippen LogP contribution in [0.25, 0.3) is 0 Å². The van der Waals surface area contributed by atoms with Gasteiger partial charge in [0.05, 0.1) is 5.69 Å². The molecule has 0 unspecified atom stereocenters. The first-order chi connectivity index (χ1) is 9.10. The van der Waals surface area contributed by atoms with Gasteiger partial charge in [0, 0.05) is 31.9 Å². The molecule has 1 aromatic rings. The van der Waals surface area contributed by atoms with Crippen molar-refractivity contribution >= 4 is 22.4 Å². The van der Waals surface area contributed by atoms with Gasteiger partial charge in [-0.15, -0.1) is 11.3 Å². The van der Waals surface area contributed by atoms with Gasteiger partial charge in [-0.05, 0) is 31.6 Å². The lowest BCUT2D eigenvalue weighted by molar-refractivity contribution is -0.116. The summed E-state index contributed by atoms with van der Waals surface area (Å²) in [6, 6.07) is 0. The number of nitrogens with zero attached hydrogens (tertiary/aromatic N) is 2. The van der Waals surface area contributed by atoms with Crippen LogP contribution in [0.15, 0.2) is 5.38 Å². The fourth-order valence-electron chi connectivity index (χ4n) is 2.28. The van der Waals surface area contributed by atoms with E-state index in [1.165, 1.54) is 19.3 Å². The van der Waals surface area contributed by atoms with E-state index >= 15 is 0 Å². The third-order valence-corrected chi connectivity index (χ3v) is 4.89. The molecule has 0 aromatic carbocycles. The van der Waals surface area contributed by atoms with Gasteiger partial charge < -0.3 is 5.32 Å². The van der Waals surface area contributed by atoms with Gasteiger partial charge in [-0.25, -0.2) is 4.98 Å². The first-order valence-corrected chi connectivity index (χ1v) is 7.91. The Labute approximate surface area is 119 Å². The molecule has 0 bridgehead atoms. The van der Waals surface area contributed by atoms with E-state index in [1.54, 1.807) is 23.2 Å². The number of nitrogens with one attached hydrogen (secondary N) is 1. The first kappa shape index (κ1) is 14.5. The Bertz CT molecular complexity index is 440. The molecule has 1 aromatic heterocycles. The molecule has 1 aliphatic rings. The Hall–Kier alpha value is -0.940. The van der Waals surface area contributed by atoms with E-state index in [-0.39, 0.29) is 5.91 Å². The second kappa shape index (κ2) is 6.01. The van der Waals surface area contributed by atoms with Crippen molar-refractivity contribution in [1.82, 2.24) is 10.3 Å². The molecule has 1 fully saturated rings. The van der Waals surface area contributed by atoms with Gasteiger partial charge in [0.2, 0.25) is 5.91 Å². The maximum absolute atomic E-state index is 11.5. The summed E-state index contributed by atoms with van der Waals surface area (Å²) in [5.41, 5.74) is 1.60. The summed E-state index contributed by atoms with van der Waals surface area (Å²) in [4.78, 5) is 17.7. The number of anilines is 1. The average Bonchev–Trinajstić information content (AvgIpc) is 3.02. The molecule has 0 radical (unpaired) electrons. The summed E-state index contributed by atoms with van der Waals surface area (Å²) in [6.45, 7) is 8.38. The zero-order valence-corrected chi connectivity index (χ0v) is 12.8. The Morgan fingerprint density at radius 2 is 2.26 bits per heavy atom. The Morgan fingerprint density at radius 3 is 2.79 bits per heavy atom. The highest BCUT2D eigenvalue weighted by atomic mass is 32.1. The normalized spacial score (nSPS) is 16.4. The van der Waals surface area contributed by atoms with Crippen LogP contribution in [0.4, 0.5) is 5.13 Å². The van der Waals surface area contributed by atoms with Gasteiger partial charge >= 0.3 is 0 Å². The van der Waals surface area contributed by atoms with Crippen molar-refractivity contribution in [2.24, 2.45) is 5.41 Å². The van der Waals surface area contributed by atoms with E-state index in [0.717, 1.165) is 23.9 Å². The first-order valence-electron chi connectivity index (χ1n) is 7.03. The van der Waals surface area contributed by atoms with Crippen LogP contribution in [0.2, 0.25) is 0 Å². The van der Waals surface area contributed by atoms with E-state index in [0.29, 0.717) is 12.0 Å². The number of hydrogen-bond donors (Lipinski definition) is 1. The molecule has 1 saturated carbocycles. The van der Waals surface area contributed by atoms with Crippen LogP contribution in [-0.2, 0) is 11.3 Å². The molecule has 4 nitrogen and oxygen atoms in total. The van der Waals surface area contributed by atoms with Crippen LogP contribution in [0.3, 0.4) is 0 Å². The quantitative estimate of drug-likeness (QED) is 0.836. The Kier molecular flexibility index (Phi) is 4.58. The number of rotatable bonds is 7. The van der Waals surface area contributed by atoms with Gasteiger partial charge in [0.15, 0.2) is 5.13 Å². The molecule has 0 spiro atoms. The number of thiazole rings is 1. The van der Waals surface area contributed by atoms with E-state index in [1.807, 2.05) is 12.3 Å². The minimum absolute atomic E-state index is 0.0549. The minimum atomic E-state index is 0.0549. The molecule has 0 saturated heterocycles. The van der Waals surface area contributed by atoms with Crippen molar-refractivity contribution in [3.63, 3.8) is 0 Å². The summed E-state index contributed by atoms with van der Waals surface area (Å²) in [5, 5.41) is 6.35. The molecule has 1 N–H and O–H groups in total. The smallest absolute Gasteiger partial charge is 0.225 e. The van der Waals surface area contributed by atoms with Gasteiger partial charge in [-0.2, -0.15) is 0 Å². The van der Waals surface area contributed by atoms with Gasteiger partial charge in [0.25, 0.3) is 0 Å². The van der Waals surface area contributed by atoms with E-state index < -0.39 is 0 Å². The van der Waals surface area contributed by atoms with Crippen molar-refractivity contribution in [3.8, 4) is 0 Å². The molecule has 1 amide bonds. The third kappa shape index (κ3) is 3.54. The van der Waals surface area contributed by atoms with E-state index in [9.17, 15) is 4.79 Å². The second-order valence-electron chi connectivity index (χ2n) is 5.34. The van der Waals surface area contributed by atoms with E-state index in [2.05, 4.69) is 17.2 Å². The van der Waals surface area contributed by atoms with Crippen molar-refractivity contribution in [2.45, 2.75) is 46.6 Å². The number of aromatic nitrogens is 1. The highest BCUT2D eigenvalue weighted by molar-refractivity contribution is 7.14. The van der Waals surface area contributed by atoms with Gasteiger partial charge in [-0.3, -0.25) is 9.69 Å². The maximum atomic E-state index is 11.5. The topological polar surface area (TPSA) is 45.2 Å². The van der Waals surface area contributed by atoms with Crippen LogP contribution in [0.5, 0.6) is 0 Å². The third-order valence-electron chi connectivity index (χ3n) is 3.98. The van der Waals surface area contributed by atoms with Gasteiger partial charge in [0.1, 0.15) is 0 Å². The van der Waals surface area contributed by atoms with Crippen LogP contribution >= 0.6 is 11.3 Å². The van der Waals surface area contributed by atoms with Gasteiger partial charge in [-0.1, -0.05) is 6.92 Å². The summed E-state index contributed by atoms with van der Waals surface area (Å²) < 4.78 is 0. The van der Waals surface area contributed by atoms with Crippen LogP contribution in [-0.4, -0.2) is 24.0 Å². The molecular formula is C14H23N3OS. The standard InChI is InChI=1S/C14H23N3OS/c1-4-14(6-7-14)10-15-8-12-9-19-13(16-12)17(5-2)11(3)18/h9,15H,4-8,10H2,1-3H3. The molecule has 2 rings (SSSR count). The molecule has 0 atom stereocenters. The molecular weight excluding hydrogens is 258 g/mol. The number of amides is 1. The fraction of sp³-hybridized carbons (Fsp3) is 0.714. The fourth-order valence-corrected chi connectivity index (χ4v) is 3.21. The molecule has 5 heteroatoms. The SMILES string of the molecule is CCN(C(C)=O)c1nc(CNCC2(CC)CC2)cs1. The molecule has 106 valence electrons. The monoisotopic (exact) mass is 281 g/mol. The second-order valence-corrected chi connectivity index (χ2v) is 6.18. The molecule has 1 aliphatic carbocycles. The molecule has 1 heterocycles. The zero-order valence-electron chi connectivity index (χ0n) is 12.0. The average molecular weight is 281 g/mol. The maximum Gasteiger partial charge on any atom is 0.225 e. The minimum Gasteiger partial charge on any atom is -0.311 e. The lowest BCUT2D eigenvalue weighted by Crippen LogP contribution is -2.28. The number of carbonyl (C=O) groups excluding carboxylic acids is 1. The lowest BCUT2D eigenvalue weighted by Gasteiger charge is -2.14. The summed E-state index contributed by atoms with van der Waals surface area (Å²) in [7, 11) is 0. The van der Waals surface area contributed by atoms with Crippen molar-refractivity contribution in [2.75, 3.05) is 18.0 Å². The van der Waals surface area contributed by atoms with Crippen molar-refractivity contribution in [1.29, 1.82) is 0 Å². The zero-order chi connectivity index (χ0) is 13.9. The molecule has 0 aliphatic heterocycles. The largest absolute Gasteiger partial charge is 0.311 e. The van der Waals surface area contributed by atoms with Crippen molar-refractivity contribution < 1.29 is 4.79 Å². The predicted molar refractivity (Wildman–Crippen MR) is 79.5 cm³/mol. The summed E-state index contributed by atoms with van der Waals surface area (Å²) in [5.74, 6) is 0.0549. The Balaban J connectivity index is 1.85. The number of hydrogen-bond acceptors (Lipinski definition) is 4. The predicted octanol–water partition coefficient (Wildman–Crippen LogP) is 2.80. The van der Waals surface area contributed by atoms with Crippen molar-refractivity contribution in [3.05, 3.63) is 11.1 Å². The summed E-state index contributed by atoms with van der Waals surface area (Å²) >= 11 is 1.54. The number of carbonyl (C=O) groups is 1. The van der Waals surface area contributed by atoms with Crippen LogP contribution in [0.1, 0.15) is 45.7 Å². The van der Waals surface area contributed by atoms with Crippen LogP contribution < -0.4 is 10.2 Å². The van der Waals surface area contributed by atoms with E-state index in [4.69, 9.17) is 0 Å². The highest BCUT2D eigenvalue weighted by Crippen LogP contribution is 2.47. The summed E-state index contributed by atoms with van der Waals surface area (Å²) in [6.07, 6.45) is 3.97.